The number of hydrogen-bond acceptors (Lipinski definition) is 2. The van der Waals surface area contributed by atoms with E-state index in [4.69, 9.17) is 9.84 Å². The highest BCUT2D eigenvalue weighted by molar-refractivity contribution is 5.70. The maximum Gasteiger partial charge on any atom is 0.264 e. The summed E-state index contributed by atoms with van der Waals surface area (Å²) in [6, 6.07) is 4.66. The summed E-state index contributed by atoms with van der Waals surface area (Å²) in [6.07, 6.45) is 1.77. The fraction of sp³-hybridized carbons (Fsp3) is 0.467. The van der Waals surface area contributed by atoms with Crippen LogP contribution in [0.15, 0.2) is 24.3 Å². The zero-order valence-electron chi connectivity index (χ0n) is 10.9. The van der Waals surface area contributed by atoms with Crippen LogP contribution in [0.4, 0.5) is 8.78 Å². The van der Waals surface area contributed by atoms with Gasteiger partial charge in [-0.2, -0.15) is 0 Å². The molecule has 0 bridgehead atoms. The largest absolute Gasteiger partial charge is 0.497 e. The maximum absolute atomic E-state index is 13.1. The SMILES string of the molecule is COc1ccc(C(F)F)c(C2=CCC(CO)CC2)c1. The Morgan fingerprint density at radius 1 is 1.42 bits per heavy atom. The predicted molar refractivity (Wildman–Crippen MR) is 70.4 cm³/mol. The lowest BCUT2D eigenvalue weighted by atomic mass is 9.85. The lowest BCUT2D eigenvalue weighted by Gasteiger charge is -2.22. The van der Waals surface area contributed by atoms with Gasteiger partial charge < -0.3 is 9.84 Å². The van der Waals surface area contributed by atoms with Crippen LogP contribution < -0.4 is 4.74 Å². The summed E-state index contributed by atoms with van der Waals surface area (Å²) in [4.78, 5) is 0. The Hall–Kier alpha value is -1.42. The minimum absolute atomic E-state index is 0.0505. The number of alkyl halides is 2. The van der Waals surface area contributed by atoms with Crippen molar-refractivity contribution in [1.82, 2.24) is 0 Å². The van der Waals surface area contributed by atoms with E-state index in [-0.39, 0.29) is 18.1 Å². The molecule has 0 aromatic heterocycles. The molecule has 1 atom stereocenters. The van der Waals surface area contributed by atoms with Gasteiger partial charge in [-0.05, 0) is 54.5 Å². The second-order valence-electron chi connectivity index (χ2n) is 4.81. The summed E-state index contributed by atoms with van der Waals surface area (Å²) in [5.41, 5.74) is 1.55. The van der Waals surface area contributed by atoms with E-state index in [2.05, 4.69) is 0 Å². The minimum Gasteiger partial charge on any atom is -0.497 e. The minimum atomic E-state index is -2.49. The number of allylic oxidation sites excluding steroid dienone is 2. The van der Waals surface area contributed by atoms with Crippen LogP contribution in [0.5, 0.6) is 5.75 Å². The quantitative estimate of drug-likeness (QED) is 0.899. The van der Waals surface area contributed by atoms with Crippen LogP contribution in [0.2, 0.25) is 0 Å². The van der Waals surface area contributed by atoms with Gasteiger partial charge in [-0.25, -0.2) is 8.78 Å². The van der Waals surface area contributed by atoms with Gasteiger partial charge in [0.05, 0.1) is 7.11 Å². The highest BCUT2D eigenvalue weighted by Gasteiger charge is 2.20. The summed E-state index contributed by atoms with van der Waals surface area (Å²) < 4.78 is 31.2. The third-order valence-electron chi connectivity index (χ3n) is 3.62. The molecule has 1 aliphatic carbocycles. The summed E-state index contributed by atoms with van der Waals surface area (Å²) in [5, 5.41) is 9.10. The first kappa shape index (κ1) is 14.0. The topological polar surface area (TPSA) is 29.5 Å². The molecular weight excluding hydrogens is 250 g/mol. The molecule has 1 aromatic rings. The van der Waals surface area contributed by atoms with Crippen molar-refractivity contribution in [3.63, 3.8) is 0 Å². The van der Waals surface area contributed by atoms with Crippen molar-refractivity contribution >= 4 is 5.57 Å². The average molecular weight is 268 g/mol. The summed E-state index contributed by atoms with van der Waals surface area (Å²) in [5.74, 6) is 0.842. The molecule has 0 radical (unpaired) electrons. The van der Waals surface area contributed by atoms with Crippen molar-refractivity contribution in [2.75, 3.05) is 13.7 Å². The van der Waals surface area contributed by atoms with Gasteiger partial charge in [0.15, 0.2) is 0 Å². The van der Waals surface area contributed by atoms with Gasteiger partial charge >= 0.3 is 0 Å². The first-order valence-electron chi connectivity index (χ1n) is 6.42. The van der Waals surface area contributed by atoms with Gasteiger partial charge in [0.25, 0.3) is 6.43 Å². The molecule has 2 rings (SSSR count). The Bertz CT molecular complexity index is 469. The van der Waals surface area contributed by atoms with Crippen molar-refractivity contribution in [2.24, 2.45) is 5.92 Å². The van der Waals surface area contributed by atoms with Crippen LogP contribution >= 0.6 is 0 Å². The molecule has 1 unspecified atom stereocenters. The molecule has 0 heterocycles. The Labute approximate surface area is 111 Å². The molecule has 1 aliphatic rings. The predicted octanol–water partition coefficient (Wildman–Crippen LogP) is 3.81. The molecule has 2 nitrogen and oxygen atoms in total. The van der Waals surface area contributed by atoms with Crippen LogP contribution in [0.25, 0.3) is 5.57 Å². The lowest BCUT2D eigenvalue weighted by Crippen LogP contribution is -2.10. The Kier molecular flexibility index (Phi) is 4.53. The molecule has 104 valence electrons. The normalized spacial score (nSPS) is 19.4. The van der Waals surface area contributed by atoms with E-state index in [9.17, 15) is 8.78 Å². The second kappa shape index (κ2) is 6.15. The molecule has 19 heavy (non-hydrogen) atoms. The van der Waals surface area contributed by atoms with E-state index in [1.165, 1.54) is 13.2 Å². The number of benzene rings is 1. The standard InChI is InChI=1S/C15H18F2O2/c1-19-12-6-7-13(15(16)17)14(8-12)11-4-2-10(9-18)3-5-11/h4,6-8,10,15,18H,2-3,5,9H2,1H3. The van der Waals surface area contributed by atoms with Crippen molar-refractivity contribution in [2.45, 2.75) is 25.7 Å². The van der Waals surface area contributed by atoms with Gasteiger partial charge in [0.1, 0.15) is 5.75 Å². The molecular formula is C15H18F2O2. The average Bonchev–Trinajstić information content (AvgIpc) is 2.46. The fourth-order valence-corrected chi connectivity index (χ4v) is 2.43. The van der Waals surface area contributed by atoms with Crippen LogP contribution in [-0.2, 0) is 0 Å². The Balaban J connectivity index is 2.34. The van der Waals surface area contributed by atoms with Gasteiger partial charge in [0.2, 0.25) is 0 Å². The number of ether oxygens (including phenoxy) is 1. The first-order chi connectivity index (χ1) is 9.15. The van der Waals surface area contributed by atoms with E-state index in [0.717, 1.165) is 24.8 Å². The molecule has 0 amide bonds. The number of hydrogen-bond donors (Lipinski definition) is 1. The summed E-state index contributed by atoms with van der Waals surface area (Å²) in [6.45, 7) is 0.156. The maximum atomic E-state index is 13.1. The zero-order valence-corrected chi connectivity index (χ0v) is 10.9. The molecule has 0 spiro atoms. The van der Waals surface area contributed by atoms with Crippen molar-refractivity contribution in [3.05, 3.63) is 35.4 Å². The summed E-state index contributed by atoms with van der Waals surface area (Å²) in [7, 11) is 1.53. The van der Waals surface area contributed by atoms with E-state index in [1.807, 2.05) is 6.08 Å². The number of halogens is 2. The van der Waals surface area contributed by atoms with Crippen LogP contribution in [-0.4, -0.2) is 18.8 Å². The van der Waals surface area contributed by atoms with Crippen molar-refractivity contribution in [1.29, 1.82) is 0 Å². The van der Waals surface area contributed by atoms with Crippen LogP contribution in [0.3, 0.4) is 0 Å². The molecule has 1 N–H and O–H groups in total. The van der Waals surface area contributed by atoms with E-state index >= 15 is 0 Å². The number of aliphatic hydroxyl groups excluding tert-OH is 1. The van der Waals surface area contributed by atoms with Gasteiger partial charge in [0, 0.05) is 12.2 Å². The van der Waals surface area contributed by atoms with Gasteiger partial charge in [-0.3, -0.25) is 0 Å². The second-order valence-corrected chi connectivity index (χ2v) is 4.81. The highest BCUT2D eigenvalue weighted by Crippen LogP contribution is 2.36. The monoisotopic (exact) mass is 268 g/mol. The molecule has 0 saturated carbocycles. The Morgan fingerprint density at radius 3 is 2.74 bits per heavy atom. The van der Waals surface area contributed by atoms with Crippen LogP contribution in [0, 0.1) is 5.92 Å². The molecule has 0 aliphatic heterocycles. The smallest absolute Gasteiger partial charge is 0.264 e. The fourth-order valence-electron chi connectivity index (χ4n) is 2.43. The van der Waals surface area contributed by atoms with Crippen molar-refractivity contribution in [3.8, 4) is 5.75 Å². The molecule has 0 saturated heterocycles. The first-order valence-corrected chi connectivity index (χ1v) is 6.42. The van der Waals surface area contributed by atoms with E-state index in [0.29, 0.717) is 11.3 Å². The zero-order chi connectivity index (χ0) is 13.8. The van der Waals surface area contributed by atoms with Gasteiger partial charge in [-0.1, -0.05) is 6.08 Å². The number of methoxy groups -OCH3 is 1. The molecule has 1 aromatic carbocycles. The summed E-state index contributed by atoms with van der Waals surface area (Å²) >= 11 is 0. The van der Waals surface area contributed by atoms with Crippen LogP contribution in [0.1, 0.15) is 36.8 Å². The van der Waals surface area contributed by atoms with E-state index in [1.54, 1.807) is 12.1 Å². The number of aliphatic hydroxyl groups is 1. The lowest BCUT2D eigenvalue weighted by molar-refractivity contribution is 0.151. The third kappa shape index (κ3) is 3.13. The van der Waals surface area contributed by atoms with E-state index < -0.39 is 6.43 Å². The number of rotatable bonds is 4. The molecule has 4 heteroatoms. The molecule has 0 fully saturated rings. The Morgan fingerprint density at radius 2 is 2.21 bits per heavy atom. The highest BCUT2D eigenvalue weighted by atomic mass is 19.3. The van der Waals surface area contributed by atoms with Crippen molar-refractivity contribution < 1.29 is 18.6 Å². The van der Waals surface area contributed by atoms with Gasteiger partial charge in [-0.15, -0.1) is 0 Å². The third-order valence-corrected chi connectivity index (χ3v) is 3.62.